The number of aromatic nitrogens is 1. The molecule has 1 aromatic rings. The number of hydrogen-bond donors (Lipinski definition) is 1. The summed E-state index contributed by atoms with van der Waals surface area (Å²) in [7, 11) is 0. The third-order valence-corrected chi connectivity index (χ3v) is 2.27. The van der Waals surface area contributed by atoms with Crippen molar-refractivity contribution in [2.75, 3.05) is 6.61 Å². The van der Waals surface area contributed by atoms with Crippen molar-refractivity contribution in [3.63, 3.8) is 0 Å². The van der Waals surface area contributed by atoms with E-state index >= 15 is 0 Å². The minimum absolute atomic E-state index is 0.0740. The summed E-state index contributed by atoms with van der Waals surface area (Å²) in [5, 5.41) is 0. The molecule has 0 aliphatic carbocycles. The average Bonchev–Trinajstić information content (AvgIpc) is 2.31. The van der Waals surface area contributed by atoms with Gasteiger partial charge in [0.1, 0.15) is 0 Å². The van der Waals surface area contributed by atoms with Crippen LogP contribution in [0.25, 0.3) is 0 Å². The van der Waals surface area contributed by atoms with E-state index in [1.54, 1.807) is 6.92 Å². The fourth-order valence-electron chi connectivity index (χ4n) is 1.45. The maximum atomic E-state index is 13.8. The van der Waals surface area contributed by atoms with Crippen molar-refractivity contribution in [1.29, 1.82) is 0 Å². The maximum Gasteiger partial charge on any atom is 0.311 e. The first-order valence-electron chi connectivity index (χ1n) is 5.31. The van der Waals surface area contributed by atoms with Gasteiger partial charge >= 0.3 is 5.97 Å². The van der Waals surface area contributed by atoms with Crippen LogP contribution in [-0.2, 0) is 22.5 Å². The molecule has 0 bridgehead atoms. The van der Waals surface area contributed by atoms with Gasteiger partial charge in [0, 0.05) is 12.7 Å². The molecule has 0 saturated heterocycles. The number of alkyl halides is 2. The topological polar surface area (TPSA) is 65.2 Å². The van der Waals surface area contributed by atoms with E-state index < -0.39 is 30.2 Å². The van der Waals surface area contributed by atoms with Gasteiger partial charge in [-0.1, -0.05) is 0 Å². The first-order chi connectivity index (χ1) is 8.51. The van der Waals surface area contributed by atoms with Gasteiger partial charge in [0.15, 0.2) is 5.82 Å². The third-order valence-electron chi connectivity index (χ3n) is 2.27. The number of nitrogens with two attached hydrogens (primary N) is 1. The highest BCUT2D eigenvalue weighted by molar-refractivity contribution is 5.72. The van der Waals surface area contributed by atoms with Gasteiger partial charge in [-0.15, -0.1) is 0 Å². The number of carbonyl (C=O) groups excluding carboxylic acids is 1. The number of carbonyl (C=O) groups is 1. The van der Waals surface area contributed by atoms with Crippen LogP contribution >= 0.6 is 0 Å². The summed E-state index contributed by atoms with van der Waals surface area (Å²) in [5.41, 5.74) is 3.99. The predicted molar refractivity (Wildman–Crippen MR) is 57.4 cm³/mol. The Labute approximate surface area is 102 Å². The molecule has 0 unspecified atom stereocenters. The first-order valence-corrected chi connectivity index (χ1v) is 5.31. The quantitative estimate of drug-likeness (QED) is 0.820. The van der Waals surface area contributed by atoms with Crippen molar-refractivity contribution >= 4 is 5.97 Å². The summed E-state index contributed by atoms with van der Waals surface area (Å²) in [4.78, 5) is 14.8. The van der Waals surface area contributed by atoms with E-state index in [-0.39, 0.29) is 24.4 Å². The second kappa shape index (κ2) is 6.34. The molecule has 100 valence electrons. The summed E-state index contributed by atoms with van der Waals surface area (Å²) in [6, 6.07) is 0. The normalized spacial score (nSPS) is 10.8. The average molecular weight is 262 g/mol. The standard InChI is InChI=1S/C11H13F3N2O2/c1-2-18-8(17)3-7-10(12)9(11(13)14)6(4-15)5-16-7/h5,11H,2-4,15H2,1H3. The Morgan fingerprint density at radius 2 is 2.22 bits per heavy atom. The smallest absolute Gasteiger partial charge is 0.311 e. The lowest BCUT2D eigenvalue weighted by atomic mass is 10.1. The molecule has 0 aliphatic rings. The van der Waals surface area contributed by atoms with E-state index in [2.05, 4.69) is 9.72 Å². The Bertz CT molecular complexity index is 439. The summed E-state index contributed by atoms with van der Waals surface area (Å²) >= 11 is 0. The van der Waals surface area contributed by atoms with Crippen LogP contribution in [0.4, 0.5) is 13.2 Å². The Morgan fingerprint density at radius 3 is 2.72 bits per heavy atom. The zero-order chi connectivity index (χ0) is 13.7. The number of ether oxygens (including phenoxy) is 1. The molecule has 0 radical (unpaired) electrons. The predicted octanol–water partition coefficient (Wildman–Crippen LogP) is 1.72. The highest BCUT2D eigenvalue weighted by Gasteiger charge is 2.23. The number of rotatable bonds is 5. The van der Waals surface area contributed by atoms with Gasteiger partial charge in [-0.3, -0.25) is 9.78 Å². The number of hydrogen-bond acceptors (Lipinski definition) is 4. The Balaban J connectivity index is 3.08. The lowest BCUT2D eigenvalue weighted by Gasteiger charge is -2.11. The summed E-state index contributed by atoms with van der Waals surface area (Å²) < 4.78 is 43.8. The Morgan fingerprint density at radius 1 is 1.56 bits per heavy atom. The van der Waals surface area contributed by atoms with Crippen LogP contribution in [0.3, 0.4) is 0 Å². The third kappa shape index (κ3) is 3.19. The second-order valence-corrected chi connectivity index (χ2v) is 3.44. The van der Waals surface area contributed by atoms with Crippen LogP contribution in [-0.4, -0.2) is 17.6 Å². The van der Waals surface area contributed by atoms with Gasteiger partial charge in [0.2, 0.25) is 0 Å². The molecule has 0 aliphatic heterocycles. The zero-order valence-corrected chi connectivity index (χ0v) is 9.75. The van der Waals surface area contributed by atoms with Crippen molar-refractivity contribution in [3.8, 4) is 0 Å². The fraction of sp³-hybridized carbons (Fsp3) is 0.455. The molecule has 0 saturated carbocycles. The molecule has 0 spiro atoms. The molecule has 1 rings (SSSR count). The molecule has 0 fully saturated rings. The van der Waals surface area contributed by atoms with Gasteiger partial charge in [0.25, 0.3) is 6.43 Å². The van der Waals surface area contributed by atoms with E-state index in [0.717, 1.165) is 6.20 Å². The minimum atomic E-state index is -3.01. The van der Waals surface area contributed by atoms with Gasteiger partial charge in [-0.2, -0.15) is 0 Å². The van der Waals surface area contributed by atoms with E-state index in [4.69, 9.17) is 5.73 Å². The SMILES string of the molecule is CCOC(=O)Cc1ncc(CN)c(C(F)F)c1F. The van der Waals surface area contributed by atoms with Gasteiger partial charge in [-0.05, 0) is 12.5 Å². The van der Waals surface area contributed by atoms with Crippen LogP contribution in [0, 0.1) is 5.82 Å². The van der Waals surface area contributed by atoms with Crippen LogP contribution in [0.1, 0.15) is 30.2 Å². The molecular weight excluding hydrogens is 249 g/mol. The number of nitrogens with zero attached hydrogens (tertiary/aromatic N) is 1. The second-order valence-electron chi connectivity index (χ2n) is 3.44. The van der Waals surface area contributed by atoms with Gasteiger partial charge < -0.3 is 10.5 Å². The molecule has 18 heavy (non-hydrogen) atoms. The van der Waals surface area contributed by atoms with Crippen LogP contribution in [0.2, 0.25) is 0 Å². The molecular formula is C11H13F3N2O2. The van der Waals surface area contributed by atoms with Gasteiger partial charge in [0.05, 0.1) is 24.3 Å². The van der Waals surface area contributed by atoms with Crippen molar-refractivity contribution in [3.05, 3.63) is 28.8 Å². The molecule has 0 aromatic carbocycles. The largest absolute Gasteiger partial charge is 0.466 e. The molecule has 0 atom stereocenters. The fourth-order valence-corrected chi connectivity index (χ4v) is 1.45. The van der Waals surface area contributed by atoms with E-state index in [0.29, 0.717) is 0 Å². The number of esters is 1. The van der Waals surface area contributed by atoms with Gasteiger partial charge in [-0.25, -0.2) is 13.2 Å². The molecule has 7 heteroatoms. The van der Waals surface area contributed by atoms with Crippen molar-refractivity contribution in [2.45, 2.75) is 26.3 Å². The highest BCUT2D eigenvalue weighted by Crippen LogP contribution is 2.27. The summed E-state index contributed by atoms with van der Waals surface area (Å²) in [5.74, 6) is -1.91. The zero-order valence-electron chi connectivity index (χ0n) is 9.75. The van der Waals surface area contributed by atoms with Crippen LogP contribution in [0.15, 0.2) is 6.20 Å². The van der Waals surface area contributed by atoms with Crippen molar-refractivity contribution < 1.29 is 22.7 Å². The Hall–Kier alpha value is -1.63. The summed E-state index contributed by atoms with van der Waals surface area (Å²) in [6.45, 7) is 1.47. The molecule has 2 N–H and O–H groups in total. The highest BCUT2D eigenvalue weighted by atomic mass is 19.3. The molecule has 0 amide bonds. The molecule has 1 aromatic heterocycles. The lowest BCUT2D eigenvalue weighted by molar-refractivity contribution is -0.142. The Kier molecular flexibility index (Phi) is 5.08. The number of pyridine rings is 1. The van der Waals surface area contributed by atoms with Crippen molar-refractivity contribution in [1.82, 2.24) is 4.98 Å². The van der Waals surface area contributed by atoms with E-state index in [1.165, 1.54) is 0 Å². The maximum absolute atomic E-state index is 13.8. The monoisotopic (exact) mass is 262 g/mol. The molecule has 4 nitrogen and oxygen atoms in total. The van der Waals surface area contributed by atoms with Crippen molar-refractivity contribution in [2.24, 2.45) is 5.73 Å². The number of halogens is 3. The first kappa shape index (κ1) is 14.4. The molecule has 1 heterocycles. The van der Waals surface area contributed by atoms with Crippen LogP contribution in [0.5, 0.6) is 0 Å². The minimum Gasteiger partial charge on any atom is -0.466 e. The summed E-state index contributed by atoms with van der Waals surface area (Å²) in [6.07, 6.45) is -2.43. The lowest BCUT2D eigenvalue weighted by Crippen LogP contribution is -2.14. The van der Waals surface area contributed by atoms with E-state index in [1.807, 2.05) is 0 Å². The van der Waals surface area contributed by atoms with Crippen LogP contribution < -0.4 is 5.73 Å². The van der Waals surface area contributed by atoms with E-state index in [9.17, 15) is 18.0 Å².